The number of pyridine rings is 1. The second-order valence-corrected chi connectivity index (χ2v) is 6.59. The number of rotatable bonds is 5. The predicted molar refractivity (Wildman–Crippen MR) is 97.9 cm³/mol. The molecule has 9 heteroatoms. The molecule has 6 nitrogen and oxygen atoms in total. The molecule has 0 unspecified atom stereocenters. The molecule has 0 aliphatic carbocycles. The largest absolute Gasteiger partial charge is 0.465 e. The first-order chi connectivity index (χ1) is 13.9. The van der Waals surface area contributed by atoms with E-state index in [1.807, 2.05) is 6.07 Å². The van der Waals surface area contributed by atoms with Gasteiger partial charge in [0.15, 0.2) is 11.3 Å². The molecule has 1 aliphatic rings. The number of hydrogen-bond acceptors (Lipinski definition) is 6. The number of ether oxygens (including phenoxy) is 1. The number of ketones is 1. The van der Waals surface area contributed by atoms with Crippen LogP contribution in [0.5, 0.6) is 0 Å². The first-order valence-electron chi connectivity index (χ1n) is 8.80. The Kier molecular flexibility index (Phi) is 5.82. The van der Waals surface area contributed by atoms with Crippen LogP contribution in [0.4, 0.5) is 13.2 Å². The second kappa shape index (κ2) is 8.31. The van der Waals surface area contributed by atoms with Crippen molar-refractivity contribution < 1.29 is 22.7 Å². The van der Waals surface area contributed by atoms with Crippen molar-refractivity contribution in [2.75, 3.05) is 6.61 Å². The van der Waals surface area contributed by atoms with Crippen LogP contribution in [0.15, 0.2) is 41.5 Å². The Balaban J connectivity index is 1.95. The molecule has 2 aromatic rings. The highest BCUT2D eigenvalue weighted by atomic mass is 19.3. The van der Waals surface area contributed by atoms with Crippen molar-refractivity contribution in [3.63, 3.8) is 0 Å². The van der Waals surface area contributed by atoms with E-state index in [1.165, 1.54) is 30.5 Å². The monoisotopic (exact) mass is 402 g/mol. The average Bonchev–Trinajstić information content (AvgIpc) is 2.91. The quantitative estimate of drug-likeness (QED) is 0.775. The van der Waals surface area contributed by atoms with Gasteiger partial charge in [-0.1, -0.05) is 6.07 Å². The fourth-order valence-electron chi connectivity index (χ4n) is 3.19. The van der Waals surface area contributed by atoms with Crippen molar-refractivity contribution >= 4 is 11.8 Å². The van der Waals surface area contributed by atoms with E-state index in [0.717, 1.165) is 6.07 Å². The molecule has 150 valence electrons. The van der Waals surface area contributed by atoms with E-state index in [0.29, 0.717) is 11.1 Å². The van der Waals surface area contributed by atoms with Crippen LogP contribution in [-0.4, -0.2) is 29.8 Å². The molecule has 1 aromatic heterocycles. The SMILES string of the molecule is N#Cc1ccc(C(=O)Cc2ccc(F)c([C@]3(C(F)F)CCCOC(N)=N3)c2)nc1. The summed E-state index contributed by atoms with van der Waals surface area (Å²) in [6, 6.07) is 7.92. The molecular formula is C20H17F3N4O2. The van der Waals surface area contributed by atoms with E-state index in [9.17, 15) is 18.0 Å². The number of carbonyl (C=O) groups excluding carboxylic acids is 1. The van der Waals surface area contributed by atoms with Gasteiger partial charge in [-0.3, -0.25) is 9.78 Å². The fraction of sp³-hybridized carbons (Fsp3) is 0.300. The number of nitrogens with zero attached hydrogens (tertiary/aromatic N) is 3. The molecule has 3 rings (SSSR count). The maximum absolute atomic E-state index is 14.6. The molecule has 0 bridgehead atoms. The summed E-state index contributed by atoms with van der Waals surface area (Å²) in [5.41, 5.74) is 3.77. The van der Waals surface area contributed by atoms with E-state index >= 15 is 0 Å². The van der Waals surface area contributed by atoms with Crippen LogP contribution < -0.4 is 5.73 Å². The van der Waals surface area contributed by atoms with Crippen LogP contribution in [0, 0.1) is 17.1 Å². The smallest absolute Gasteiger partial charge is 0.283 e. The van der Waals surface area contributed by atoms with E-state index < -0.39 is 29.6 Å². The minimum Gasteiger partial charge on any atom is -0.465 e. The zero-order valence-corrected chi connectivity index (χ0v) is 15.2. The van der Waals surface area contributed by atoms with Crippen molar-refractivity contribution in [3.8, 4) is 6.07 Å². The van der Waals surface area contributed by atoms with Gasteiger partial charge in [0, 0.05) is 18.2 Å². The molecule has 29 heavy (non-hydrogen) atoms. The second-order valence-electron chi connectivity index (χ2n) is 6.59. The third kappa shape index (κ3) is 4.21. The minimum atomic E-state index is -3.02. The molecule has 0 fully saturated rings. The zero-order valence-electron chi connectivity index (χ0n) is 15.2. The Bertz CT molecular complexity index is 986. The Hall–Kier alpha value is -3.41. The maximum atomic E-state index is 14.6. The Morgan fingerprint density at radius 2 is 2.14 bits per heavy atom. The molecule has 0 saturated carbocycles. The van der Waals surface area contributed by atoms with Crippen LogP contribution in [0.1, 0.15) is 40.0 Å². The molecule has 2 heterocycles. The summed E-state index contributed by atoms with van der Waals surface area (Å²) in [7, 11) is 0. The lowest BCUT2D eigenvalue weighted by atomic mass is 9.84. The lowest BCUT2D eigenvalue weighted by molar-refractivity contribution is 0.0459. The van der Waals surface area contributed by atoms with Gasteiger partial charge < -0.3 is 10.5 Å². The summed E-state index contributed by atoms with van der Waals surface area (Å²) in [5, 5.41) is 8.79. The summed E-state index contributed by atoms with van der Waals surface area (Å²) in [6.07, 6.45) is -1.88. The minimum absolute atomic E-state index is 0.105. The van der Waals surface area contributed by atoms with Gasteiger partial charge in [-0.25, -0.2) is 18.2 Å². The van der Waals surface area contributed by atoms with Gasteiger partial charge in [-0.05, 0) is 42.7 Å². The number of amidine groups is 1. The number of aliphatic imine (C=N–C) groups is 1. The van der Waals surface area contributed by atoms with Gasteiger partial charge in [-0.15, -0.1) is 0 Å². The van der Waals surface area contributed by atoms with Crippen molar-refractivity contribution in [2.45, 2.75) is 31.2 Å². The summed E-state index contributed by atoms with van der Waals surface area (Å²) in [6.45, 7) is 0.105. The van der Waals surface area contributed by atoms with Crippen molar-refractivity contribution in [1.29, 1.82) is 5.26 Å². The summed E-state index contributed by atoms with van der Waals surface area (Å²) < 4.78 is 47.7. The fourth-order valence-corrected chi connectivity index (χ4v) is 3.19. The maximum Gasteiger partial charge on any atom is 0.283 e. The molecule has 1 aliphatic heterocycles. The average molecular weight is 402 g/mol. The van der Waals surface area contributed by atoms with Crippen LogP contribution in [0.25, 0.3) is 0 Å². The van der Waals surface area contributed by atoms with Crippen molar-refractivity contribution in [1.82, 2.24) is 4.98 Å². The van der Waals surface area contributed by atoms with Crippen LogP contribution >= 0.6 is 0 Å². The lowest BCUT2D eigenvalue weighted by Gasteiger charge is -2.29. The van der Waals surface area contributed by atoms with Gasteiger partial charge >= 0.3 is 0 Å². The number of benzene rings is 1. The molecular weight excluding hydrogens is 385 g/mol. The van der Waals surface area contributed by atoms with Crippen molar-refractivity contribution in [3.05, 3.63) is 64.7 Å². The predicted octanol–water partition coefficient (Wildman–Crippen LogP) is 3.10. The summed E-state index contributed by atoms with van der Waals surface area (Å²) in [5.74, 6) is -1.26. The summed E-state index contributed by atoms with van der Waals surface area (Å²) >= 11 is 0. The third-order valence-electron chi connectivity index (χ3n) is 4.66. The molecule has 2 N–H and O–H groups in total. The molecule has 0 radical (unpaired) electrons. The number of halogens is 3. The Morgan fingerprint density at radius 1 is 1.34 bits per heavy atom. The molecule has 0 amide bonds. The first-order valence-corrected chi connectivity index (χ1v) is 8.80. The molecule has 1 atom stereocenters. The van der Waals surface area contributed by atoms with E-state index in [1.54, 1.807) is 0 Å². The topological polar surface area (TPSA) is 101 Å². The highest BCUT2D eigenvalue weighted by molar-refractivity contribution is 5.95. The number of carbonyl (C=O) groups is 1. The van der Waals surface area contributed by atoms with E-state index in [2.05, 4.69) is 9.98 Å². The number of nitriles is 1. The van der Waals surface area contributed by atoms with Gasteiger partial charge in [0.25, 0.3) is 12.4 Å². The van der Waals surface area contributed by atoms with Crippen LogP contribution in [0.2, 0.25) is 0 Å². The van der Waals surface area contributed by atoms with Gasteiger partial charge in [0.05, 0.1) is 12.2 Å². The van der Waals surface area contributed by atoms with Crippen LogP contribution in [0.3, 0.4) is 0 Å². The first kappa shape index (κ1) is 20.3. The van der Waals surface area contributed by atoms with E-state index in [-0.39, 0.29) is 37.1 Å². The van der Waals surface area contributed by atoms with Gasteiger partial charge in [0.1, 0.15) is 17.6 Å². The number of nitrogens with two attached hydrogens (primary N) is 1. The number of hydrogen-bond donors (Lipinski definition) is 1. The zero-order chi connectivity index (χ0) is 21.0. The molecule has 0 saturated heterocycles. The van der Waals surface area contributed by atoms with Gasteiger partial charge in [0.2, 0.25) is 0 Å². The third-order valence-corrected chi connectivity index (χ3v) is 4.66. The standard InChI is InChI=1S/C20H17F3N4O2/c21-15-4-2-12(9-17(28)16-5-3-13(10-24)11-26-16)8-14(15)20(18(22)23)6-1-7-29-19(25)27-20/h2-5,8,11,18H,1,6-7,9H2,(H2,25,27)/t20-/m0/s1. The molecule has 0 spiro atoms. The highest BCUT2D eigenvalue weighted by Crippen LogP contribution is 2.40. The number of alkyl halides is 2. The van der Waals surface area contributed by atoms with E-state index in [4.69, 9.17) is 15.7 Å². The Morgan fingerprint density at radius 3 is 2.79 bits per heavy atom. The highest BCUT2D eigenvalue weighted by Gasteiger charge is 2.45. The van der Waals surface area contributed by atoms with Gasteiger partial charge in [-0.2, -0.15) is 5.26 Å². The number of Topliss-reactive ketones (excluding diaryl/α,β-unsaturated/α-hetero) is 1. The lowest BCUT2D eigenvalue weighted by Crippen LogP contribution is -2.35. The molecule has 1 aromatic carbocycles. The Labute approximate surface area is 164 Å². The van der Waals surface area contributed by atoms with Crippen LogP contribution in [-0.2, 0) is 16.7 Å². The normalized spacial score (nSPS) is 19.1. The van der Waals surface area contributed by atoms with Crippen molar-refractivity contribution in [2.24, 2.45) is 10.7 Å². The summed E-state index contributed by atoms with van der Waals surface area (Å²) in [4.78, 5) is 20.2. The number of aromatic nitrogens is 1.